The lowest BCUT2D eigenvalue weighted by Crippen LogP contribution is -2.36. The van der Waals surface area contributed by atoms with Crippen LogP contribution in [0.25, 0.3) is 11.4 Å². The number of amides is 1. The van der Waals surface area contributed by atoms with Crippen LogP contribution in [-0.4, -0.2) is 53.0 Å². The highest BCUT2D eigenvalue weighted by atomic mass is 32.1. The number of carbonyl (C=O) groups excluding carboxylic acids is 1. The quantitative estimate of drug-likeness (QED) is 0.566. The molecule has 0 bridgehead atoms. The van der Waals surface area contributed by atoms with E-state index in [1.807, 2.05) is 66.2 Å². The van der Waals surface area contributed by atoms with Gasteiger partial charge in [-0.05, 0) is 31.1 Å². The van der Waals surface area contributed by atoms with Crippen LogP contribution < -0.4 is 0 Å². The zero-order valence-electron chi connectivity index (χ0n) is 15.7. The first-order valence-electron chi connectivity index (χ1n) is 8.93. The molecule has 0 atom stereocenters. The molecule has 2 heterocycles. The molecule has 27 heavy (non-hydrogen) atoms. The molecule has 142 valence electrons. The van der Waals surface area contributed by atoms with E-state index in [4.69, 9.17) is 4.52 Å². The number of aryl methyl sites for hydroxylation is 1. The number of likely N-dealkylation sites (N-methyl/N-ethyl adjacent to an activating group) is 1. The van der Waals surface area contributed by atoms with E-state index >= 15 is 0 Å². The molecule has 7 heteroatoms. The lowest BCUT2D eigenvalue weighted by Gasteiger charge is -2.24. The molecule has 0 N–H and O–H groups in total. The highest BCUT2D eigenvalue weighted by molar-refractivity contribution is 7.08. The third-order valence-electron chi connectivity index (χ3n) is 4.19. The van der Waals surface area contributed by atoms with Gasteiger partial charge in [0.25, 0.3) is 0 Å². The minimum atomic E-state index is 0.0935. The van der Waals surface area contributed by atoms with E-state index in [-0.39, 0.29) is 5.91 Å². The third-order valence-corrected chi connectivity index (χ3v) is 4.87. The molecule has 1 amide bonds. The van der Waals surface area contributed by atoms with Gasteiger partial charge >= 0.3 is 0 Å². The molecule has 0 radical (unpaired) electrons. The Hall–Kier alpha value is -2.51. The molecule has 3 rings (SSSR count). The zero-order valence-corrected chi connectivity index (χ0v) is 16.5. The Kier molecular flexibility index (Phi) is 6.73. The maximum atomic E-state index is 12.8. The van der Waals surface area contributed by atoms with Crippen molar-refractivity contribution in [1.29, 1.82) is 0 Å². The number of rotatable bonds is 9. The Morgan fingerprint density at radius 1 is 1.15 bits per heavy atom. The molecule has 1 aromatic carbocycles. The standard InChI is InChI=1S/C20H24N4O2S/c1-23(2)11-12-24(14-16-6-4-3-5-7-16)19(25)9-8-18-21-20(22-26-18)17-10-13-27-15-17/h3-7,10,13,15H,8-9,11-12,14H2,1-2H3. The van der Waals surface area contributed by atoms with Crippen LogP contribution in [0.2, 0.25) is 0 Å². The summed E-state index contributed by atoms with van der Waals surface area (Å²) in [5, 5.41) is 7.95. The van der Waals surface area contributed by atoms with Crippen LogP contribution in [0.3, 0.4) is 0 Å². The first kappa shape index (κ1) is 19.3. The second kappa shape index (κ2) is 9.43. The zero-order chi connectivity index (χ0) is 19.1. The summed E-state index contributed by atoms with van der Waals surface area (Å²) in [5.41, 5.74) is 2.07. The number of aromatic nitrogens is 2. The van der Waals surface area contributed by atoms with Gasteiger partial charge in [-0.25, -0.2) is 0 Å². The SMILES string of the molecule is CN(C)CCN(Cc1ccccc1)C(=O)CCc1nc(-c2ccsc2)no1. The van der Waals surface area contributed by atoms with E-state index in [0.717, 1.165) is 17.7 Å². The van der Waals surface area contributed by atoms with Gasteiger partial charge in [-0.3, -0.25) is 4.79 Å². The molecule has 0 spiro atoms. The maximum Gasteiger partial charge on any atom is 0.227 e. The van der Waals surface area contributed by atoms with Gasteiger partial charge in [-0.15, -0.1) is 0 Å². The summed E-state index contributed by atoms with van der Waals surface area (Å²) in [6.07, 6.45) is 0.800. The van der Waals surface area contributed by atoms with Crippen LogP contribution in [0, 0.1) is 0 Å². The highest BCUT2D eigenvalue weighted by Gasteiger charge is 2.16. The summed E-state index contributed by atoms with van der Waals surface area (Å²) >= 11 is 1.59. The minimum Gasteiger partial charge on any atom is -0.339 e. The second-order valence-corrected chi connectivity index (χ2v) is 7.41. The molecule has 6 nitrogen and oxygen atoms in total. The first-order chi connectivity index (χ1) is 13.1. The van der Waals surface area contributed by atoms with Crippen molar-refractivity contribution in [3.05, 3.63) is 58.6 Å². The van der Waals surface area contributed by atoms with E-state index < -0.39 is 0 Å². The maximum absolute atomic E-state index is 12.8. The van der Waals surface area contributed by atoms with Crippen molar-refractivity contribution >= 4 is 17.2 Å². The molecule has 0 saturated carbocycles. The number of hydrogen-bond acceptors (Lipinski definition) is 6. The summed E-state index contributed by atoms with van der Waals surface area (Å²) in [6, 6.07) is 12.0. The molecular weight excluding hydrogens is 360 g/mol. The monoisotopic (exact) mass is 384 g/mol. The average molecular weight is 385 g/mol. The van der Waals surface area contributed by atoms with E-state index in [0.29, 0.717) is 37.6 Å². The predicted molar refractivity (Wildman–Crippen MR) is 106 cm³/mol. The summed E-state index contributed by atoms with van der Waals surface area (Å²) in [7, 11) is 4.02. The highest BCUT2D eigenvalue weighted by Crippen LogP contribution is 2.19. The first-order valence-corrected chi connectivity index (χ1v) is 9.87. The Morgan fingerprint density at radius 2 is 1.96 bits per heavy atom. The summed E-state index contributed by atoms with van der Waals surface area (Å²) in [4.78, 5) is 21.2. The van der Waals surface area contributed by atoms with Crippen molar-refractivity contribution in [3.8, 4) is 11.4 Å². The number of nitrogens with zero attached hydrogens (tertiary/aromatic N) is 4. The second-order valence-electron chi connectivity index (χ2n) is 6.63. The molecule has 0 fully saturated rings. The minimum absolute atomic E-state index is 0.0935. The van der Waals surface area contributed by atoms with Gasteiger partial charge in [0.15, 0.2) is 0 Å². The van der Waals surface area contributed by atoms with Gasteiger partial charge in [0.05, 0.1) is 0 Å². The largest absolute Gasteiger partial charge is 0.339 e. The number of benzene rings is 1. The fourth-order valence-electron chi connectivity index (χ4n) is 2.65. The number of carbonyl (C=O) groups is 1. The molecule has 0 aliphatic heterocycles. The Labute approximate surface area is 163 Å². The topological polar surface area (TPSA) is 62.5 Å². The van der Waals surface area contributed by atoms with Gasteiger partial charge in [-0.1, -0.05) is 35.5 Å². The number of hydrogen-bond donors (Lipinski definition) is 0. The van der Waals surface area contributed by atoms with Crippen molar-refractivity contribution in [2.75, 3.05) is 27.2 Å². The van der Waals surface area contributed by atoms with E-state index in [1.165, 1.54) is 0 Å². The van der Waals surface area contributed by atoms with Crippen LogP contribution >= 0.6 is 11.3 Å². The molecule has 3 aromatic rings. The molecule has 0 unspecified atom stereocenters. The summed E-state index contributed by atoms with van der Waals surface area (Å²) in [6.45, 7) is 2.11. The fourth-order valence-corrected chi connectivity index (χ4v) is 3.29. The normalized spacial score (nSPS) is 11.1. The van der Waals surface area contributed by atoms with Gasteiger partial charge in [0, 0.05) is 43.4 Å². The van der Waals surface area contributed by atoms with Crippen molar-refractivity contribution in [3.63, 3.8) is 0 Å². The Balaban J connectivity index is 1.59. The van der Waals surface area contributed by atoms with Gasteiger partial charge in [0.2, 0.25) is 17.6 Å². The molecule has 0 aliphatic carbocycles. The predicted octanol–water partition coefficient (Wildman–Crippen LogP) is 3.32. The van der Waals surface area contributed by atoms with Crippen LogP contribution in [0.4, 0.5) is 0 Å². The van der Waals surface area contributed by atoms with Crippen molar-refractivity contribution < 1.29 is 9.32 Å². The summed E-state index contributed by atoms with van der Waals surface area (Å²) in [5.74, 6) is 1.17. The summed E-state index contributed by atoms with van der Waals surface area (Å²) < 4.78 is 5.30. The molecular formula is C20H24N4O2S. The van der Waals surface area contributed by atoms with E-state index in [1.54, 1.807) is 11.3 Å². The van der Waals surface area contributed by atoms with Crippen LogP contribution in [0.15, 0.2) is 51.7 Å². The van der Waals surface area contributed by atoms with Crippen LogP contribution in [0.5, 0.6) is 0 Å². The third kappa shape index (κ3) is 5.74. The Morgan fingerprint density at radius 3 is 2.67 bits per heavy atom. The van der Waals surface area contributed by atoms with Crippen molar-refractivity contribution in [2.24, 2.45) is 0 Å². The van der Waals surface area contributed by atoms with Crippen LogP contribution in [0.1, 0.15) is 17.9 Å². The van der Waals surface area contributed by atoms with Crippen molar-refractivity contribution in [2.45, 2.75) is 19.4 Å². The lowest BCUT2D eigenvalue weighted by molar-refractivity contribution is -0.132. The van der Waals surface area contributed by atoms with E-state index in [9.17, 15) is 4.79 Å². The smallest absolute Gasteiger partial charge is 0.227 e. The average Bonchev–Trinajstić information content (AvgIpc) is 3.35. The fraction of sp³-hybridized carbons (Fsp3) is 0.350. The number of thiophene rings is 1. The van der Waals surface area contributed by atoms with Crippen molar-refractivity contribution in [1.82, 2.24) is 19.9 Å². The van der Waals surface area contributed by atoms with Gasteiger partial charge in [0.1, 0.15) is 0 Å². The lowest BCUT2D eigenvalue weighted by atomic mass is 10.2. The Bertz CT molecular complexity index is 831. The van der Waals surface area contributed by atoms with Gasteiger partial charge in [-0.2, -0.15) is 16.3 Å². The molecule has 2 aromatic heterocycles. The molecule has 0 aliphatic rings. The molecule has 0 saturated heterocycles. The van der Waals surface area contributed by atoms with Gasteiger partial charge < -0.3 is 14.3 Å². The van der Waals surface area contributed by atoms with Crippen LogP contribution in [-0.2, 0) is 17.8 Å². The van der Waals surface area contributed by atoms with E-state index in [2.05, 4.69) is 15.0 Å².